The van der Waals surface area contributed by atoms with Gasteiger partial charge in [0.25, 0.3) is 0 Å². The Morgan fingerprint density at radius 3 is 2.94 bits per heavy atom. The molecule has 82 valence electrons. The van der Waals surface area contributed by atoms with Crippen molar-refractivity contribution in [3.05, 3.63) is 36.7 Å². The Balaban J connectivity index is 2.03. The summed E-state index contributed by atoms with van der Waals surface area (Å²) >= 11 is 0. The molecule has 1 aromatic heterocycles. The van der Waals surface area contributed by atoms with E-state index in [-0.39, 0.29) is 5.60 Å². The lowest BCUT2D eigenvalue weighted by molar-refractivity contribution is 0.0364. The fourth-order valence-electron chi connectivity index (χ4n) is 2.00. The molecule has 1 aliphatic heterocycles. The number of fused-ring (bicyclic) bond motifs is 1. The molecule has 3 heteroatoms. The Labute approximate surface area is 94.5 Å². The van der Waals surface area contributed by atoms with Crippen molar-refractivity contribution in [2.45, 2.75) is 12.5 Å². The third-order valence-corrected chi connectivity index (χ3v) is 2.99. The van der Waals surface area contributed by atoms with Gasteiger partial charge in [-0.1, -0.05) is 12.1 Å². The summed E-state index contributed by atoms with van der Waals surface area (Å²) in [5, 5.41) is 5.48. The van der Waals surface area contributed by atoms with E-state index in [4.69, 9.17) is 4.74 Å². The molecule has 2 heterocycles. The molecule has 16 heavy (non-hydrogen) atoms. The van der Waals surface area contributed by atoms with E-state index in [9.17, 15) is 0 Å². The summed E-state index contributed by atoms with van der Waals surface area (Å²) in [6, 6.07) is 8.08. The van der Waals surface area contributed by atoms with Gasteiger partial charge in [0.15, 0.2) is 0 Å². The highest BCUT2D eigenvalue weighted by Gasteiger charge is 2.34. The zero-order chi connectivity index (χ0) is 11.0. The molecule has 0 aliphatic carbocycles. The Kier molecular flexibility index (Phi) is 2.07. The first-order valence-electron chi connectivity index (χ1n) is 5.49. The summed E-state index contributed by atoms with van der Waals surface area (Å²) in [5.41, 5.74) is -0.0580. The lowest BCUT2D eigenvalue weighted by atomic mass is 9.99. The Morgan fingerprint density at radius 2 is 2.19 bits per heavy atom. The van der Waals surface area contributed by atoms with Gasteiger partial charge in [-0.15, -0.1) is 0 Å². The van der Waals surface area contributed by atoms with E-state index in [0.29, 0.717) is 0 Å². The van der Waals surface area contributed by atoms with Gasteiger partial charge in [0.05, 0.1) is 0 Å². The molecule has 0 radical (unpaired) electrons. The summed E-state index contributed by atoms with van der Waals surface area (Å²) in [4.78, 5) is 4.12. The van der Waals surface area contributed by atoms with Crippen LogP contribution in [-0.2, 0) is 0 Å². The van der Waals surface area contributed by atoms with Gasteiger partial charge in [0, 0.05) is 36.3 Å². The molecule has 0 atom stereocenters. The van der Waals surface area contributed by atoms with Crippen molar-refractivity contribution in [3.8, 4) is 5.75 Å². The third-order valence-electron chi connectivity index (χ3n) is 2.99. The zero-order valence-electron chi connectivity index (χ0n) is 9.23. The molecule has 2 aromatic rings. The number of hydrogen-bond donors (Lipinski definition) is 1. The molecule has 0 spiro atoms. The smallest absolute Gasteiger partial charge is 0.131 e. The van der Waals surface area contributed by atoms with Gasteiger partial charge in [0.2, 0.25) is 0 Å². The number of ether oxygens (including phenoxy) is 1. The van der Waals surface area contributed by atoms with Crippen LogP contribution in [0.5, 0.6) is 5.75 Å². The van der Waals surface area contributed by atoms with E-state index in [1.807, 2.05) is 24.4 Å². The van der Waals surface area contributed by atoms with E-state index < -0.39 is 0 Å². The molecular formula is C13H14N2O. The fraction of sp³-hybridized carbons (Fsp3) is 0.308. The number of pyridine rings is 1. The van der Waals surface area contributed by atoms with Crippen molar-refractivity contribution < 1.29 is 4.74 Å². The van der Waals surface area contributed by atoms with E-state index >= 15 is 0 Å². The second-order valence-corrected chi connectivity index (χ2v) is 4.51. The zero-order valence-corrected chi connectivity index (χ0v) is 9.23. The maximum atomic E-state index is 6.06. The lowest BCUT2D eigenvalue weighted by Gasteiger charge is -2.39. The standard InChI is InChI=1S/C13H14N2O/c1-13(8-15-9-13)16-12-4-2-3-10-7-14-6-5-11(10)12/h2-7,15H,8-9H2,1H3. The Bertz CT molecular complexity index is 515. The molecule has 1 N–H and O–H groups in total. The van der Waals surface area contributed by atoms with Crippen molar-refractivity contribution in [2.75, 3.05) is 13.1 Å². The molecule has 3 nitrogen and oxygen atoms in total. The highest BCUT2D eigenvalue weighted by Crippen LogP contribution is 2.29. The minimum absolute atomic E-state index is 0.0580. The fourth-order valence-corrected chi connectivity index (χ4v) is 2.00. The molecule has 1 fully saturated rings. The van der Waals surface area contributed by atoms with E-state index in [1.165, 1.54) is 0 Å². The molecule has 0 bridgehead atoms. The summed E-state index contributed by atoms with van der Waals surface area (Å²) in [5.74, 6) is 0.948. The van der Waals surface area contributed by atoms with Crippen molar-refractivity contribution in [1.82, 2.24) is 10.3 Å². The van der Waals surface area contributed by atoms with Crippen LogP contribution in [0.2, 0.25) is 0 Å². The van der Waals surface area contributed by atoms with Gasteiger partial charge in [-0.3, -0.25) is 4.98 Å². The van der Waals surface area contributed by atoms with Gasteiger partial charge < -0.3 is 10.1 Å². The largest absolute Gasteiger partial charge is 0.484 e. The van der Waals surface area contributed by atoms with Crippen LogP contribution in [0.1, 0.15) is 6.92 Å². The predicted molar refractivity (Wildman–Crippen MR) is 63.6 cm³/mol. The lowest BCUT2D eigenvalue weighted by Crippen LogP contribution is -2.61. The van der Waals surface area contributed by atoms with Crippen LogP contribution < -0.4 is 10.1 Å². The average Bonchev–Trinajstić information content (AvgIpc) is 2.27. The first kappa shape index (κ1) is 9.60. The SMILES string of the molecule is CC1(Oc2cccc3cnccc23)CNC1. The highest BCUT2D eigenvalue weighted by molar-refractivity contribution is 5.87. The molecule has 0 amide bonds. The Hall–Kier alpha value is -1.61. The monoisotopic (exact) mass is 214 g/mol. The van der Waals surface area contributed by atoms with Crippen molar-refractivity contribution in [3.63, 3.8) is 0 Å². The van der Waals surface area contributed by atoms with Crippen LogP contribution >= 0.6 is 0 Å². The third kappa shape index (κ3) is 1.53. The van der Waals surface area contributed by atoms with Crippen LogP contribution in [0.3, 0.4) is 0 Å². The first-order valence-corrected chi connectivity index (χ1v) is 5.49. The number of nitrogens with one attached hydrogen (secondary N) is 1. The van der Waals surface area contributed by atoms with Gasteiger partial charge in [-0.05, 0) is 19.1 Å². The summed E-state index contributed by atoms with van der Waals surface area (Å²) in [6.07, 6.45) is 3.67. The van der Waals surface area contributed by atoms with Crippen LogP contribution in [0.25, 0.3) is 10.8 Å². The summed E-state index contributed by atoms with van der Waals surface area (Å²) in [6.45, 7) is 3.95. The number of rotatable bonds is 2. The molecule has 0 unspecified atom stereocenters. The van der Waals surface area contributed by atoms with Crippen molar-refractivity contribution >= 4 is 10.8 Å². The molecule has 1 aromatic carbocycles. The van der Waals surface area contributed by atoms with Crippen molar-refractivity contribution in [1.29, 1.82) is 0 Å². The average molecular weight is 214 g/mol. The second kappa shape index (κ2) is 3.46. The van der Waals surface area contributed by atoms with E-state index in [0.717, 1.165) is 29.6 Å². The molecule has 3 rings (SSSR count). The van der Waals surface area contributed by atoms with Gasteiger partial charge in [-0.25, -0.2) is 0 Å². The molecule has 1 saturated heterocycles. The second-order valence-electron chi connectivity index (χ2n) is 4.51. The molecule has 1 aliphatic rings. The predicted octanol–water partition coefficient (Wildman–Crippen LogP) is 1.98. The van der Waals surface area contributed by atoms with Crippen LogP contribution in [0, 0.1) is 0 Å². The van der Waals surface area contributed by atoms with E-state index in [2.05, 4.69) is 23.3 Å². The van der Waals surface area contributed by atoms with Crippen LogP contribution in [0.4, 0.5) is 0 Å². The van der Waals surface area contributed by atoms with Gasteiger partial charge >= 0.3 is 0 Å². The summed E-state index contributed by atoms with van der Waals surface area (Å²) < 4.78 is 6.06. The quantitative estimate of drug-likeness (QED) is 0.830. The number of nitrogens with zero attached hydrogens (tertiary/aromatic N) is 1. The summed E-state index contributed by atoms with van der Waals surface area (Å²) in [7, 11) is 0. The van der Waals surface area contributed by atoms with Crippen molar-refractivity contribution in [2.24, 2.45) is 0 Å². The van der Waals surface area contributed by atoms with Crippen LogP contribution in [-0.4, -0.2) is 23.7 Å². The number of hydrogen-bond acceptors (Lipinski definition) is 3. The highest BCUT2D eigenvalue weighted by atomic mass is 16.5. The molecule has 0 saturated carbocycles. The van der Waals surface area contributed by atoms with Gasteiger partial charge in [0.1, 0.15) is 11.4 Å². The normalized spacial score (nSPS) is 18.1. The van der Waals surface area contributed by atoms with Crippen LogP contribution in [0.15, 0.2) is 36.7 Å². The minimum Gasteiger partial charge on any atom is -0.484 e. The maximum Gasteiger partial charge on any atom is 0.131 e. The Morgan fingerprint density at radius 1 is 1.31 bits per heavy atom. The van der Waals surface area contributed by atoms with E-state index in [1.54, 1.807) is 6.20 Å². The number of benzene rings is 1. The first-order chi connectivity index (χ1) is 7.77. The topological polar surface area (TPSA) is 34.1 Å². The maximum absolute atomic E-state index is 6.06. The minimum atomic E-state index is -0.0580. The number of aromatic nitrogens is 1. The molecular weight excluding hydrogens is 200 g/mol. The van der Waals surface area contributed by atoms with Gasteiger partial charge in [-0.2, -0.15) is 0 Å².